The Bertz CT molecular complexity index is 82.5. The summed E-state index contributed by atoms with van der Waals surface area (Å²) in [6.45, 7) is 6.61. The van der Waals surface area contributed by atoms with Gasteiger partial charge in [-0.2, -0.15) is 0 Å². The van der Waals surface area contributed by atoms with Crippen molar-refractivity contribution in [1.29, 1.82) is 0 Å². The van der Waals surface area contributed by atoms with Gasteiger partial charge in [-0.25, -0.2) is 0 Å². The van der Waals surface area contributed by atoms with Gasteiger partial charge < -0.3 is 5.73 Å². The van der Waals surface area contributed by atoms with Gasteiger partial charge in [-0.15, -0.1) is 0 Å². The molecule has 0 aliphatic heterocycles. The lowest BCUT2D eigenvalue weighted by Gasteiger charge is -1.99. The molecule has 1 atom stereocenters. The lowest BCUT2D eigenvalue weighted by molar-refractivity contribution is 0.753. The predicted molar refractivity (Wildman–Crippen MR) is 37.3 cm³/mol. The van der Waals surface area contributed by atoms with Crippen LogP contribution in [0.4, 0.5) is 0 Å². The van der Waals surface area contributed by atoms with E-state index in [0.717, 1.165) is 5.71 Å². The molecule has 0 spiro atoms. The van der Waals surface area contributed by atoms with Crippen molar-refractivity contribution in [3.63, 3.8) is 0 Å². The van der Waals surface area contributed by atoms with E-state index >= 15 is 0 Å². The van der Waals surface area contributed by atoms with Crippen LogP contribution in [0.15, 0.2) is 4.99 Å². The third-order valence-corrected chi connectivity index (χ3v) is 0.820. The van der Waals surface area contributed by atoms with Crippen LogP contribution in [0.5, 0.6) is 0 Å². The Morgan fingerprint density at radius 3 is 2.25 bits per heavy atom. The highest BCUT2D eigenvalue weighted by Crippen LogP contribution is 1.85. The van der Waals surface area contributed by atoms with Crippen LogP contribution in [-0.4, -0.2) is 18.3 Å². The minimum Gasteiger partial charge on any atom is -0.328 e. The van der Waals surface area contributed by atoms with Crippen molar-refractivity contribution in [2.45, 2.75) is 26.8 Å². The van der Waals surface area contributed by atoms with Crippen molar-refractivity contribution in [3.8, 4) is 0 Å². The molecule has 8 heavy (non-hydrogen) atoms. The number of nitrogens with two attached hydrogens (primary N) is 1. The van der Waals surface area contributed by atoms with Gasteiger partial charge in [0.2, 0.25) is 0 Å². The Morgan fingerprint density at radius 1 is 1.62 bits per heavy atom. The Morgan fingerprint density at radius 2 is 2.12 bits per heavy atom. The van der Waals surface area contributed by atoms with Gasteiger partial charge >= 0.3 is 0 Å². The largest absolute Gasteiger partial charge is 0.328 e. The molecule has 0 bridgehead atoms. The first-order valence-electron chi connectivity index (χ1n) is 2.88. The maximum atomic E-state index is 5.31. The summed E-state index contributed by atoms with van der Waals surface area (Å²) in [4.78, 5) is 4.19. The molecular weight excluding hydrogens is 100 g/mol. The molecule has 0 saturated heterocycles. The summed E-state index contributed by atoms with van der Waals surface area (Å²) in [5.41, 5.74) is 6.41. The first-order chi connectivity index (χ1) is 3.66. The zero-order valence-corrected chi connectivity index (χ0v) is 5.81. The lowest BCUT2D eigenvalue weighted by Crippen LogP contribution is -2.14. The van der Waals surface area contributed by atoms with Crippen LogP contribution in [0.25, 0.3) is 0 Å². The quantitative estimate of drug-likeness (QED) is 0.530. The van der Waals surface area contributed by atoms with Gasteiger partial charge in [-0.1, -0.05) is 0 Å². The van der Waals surface area contributed by atoms with Gasteiger partial charge in [0, 0.05) is 12.3 Å². The molecule has 2 nitrogen and oxygen atoms in total. The predicted octanol–water partition coefficient (Wildman–Crippen LogP) is 0.814. The molecule has 0 heterocycles. The molecule has 0 aliphatic carbocycles. The molecule has 0 saturated carbocycles. The van der Waals surface area contributed by atoms with Gasteiger partial charge in [0.15, 0.2) is 0 Å². The molecule has 0 aliphatic rings. The molecule has 2 heteroatoms. The number of hydrogen-bond donors (Lipinski definition) is 1. The summed E-state index contributed by atoms with van der Waals surface area (Å²) in [5, 5.41) is 0. The number of aliphatic imine (C=N–C) groups is 1. The average Bonchev–Trinajstić information content (AvgIpc) is 1.65. The highest BCUT2D eigenvalue weighted by molar-refractivity contribution is 5.79. The van der Waals surface area contributed by atoms with E-state index in [-0.39, 0.29) is 0 Å². The number of nitrogens with zero attached hydrogens (tertiary/aromatic N) is 1. The highest BCUT2D eigenvalue weighted by Gasteiger charge is 1.90. The lowest BCUT2D eigenvalue weighted by atomic mass is 10.3. The van der Waals surface area contributed by atoms with E-state index in [1.807, 2.05) is 20.8 Å². The number of hydrogen-bond acceptors (Lipinski definition) is 2. The number of rotatable bonds is 2. The summed E-state index contributed by atoms with van der Waals surface area (Å²) >= 11 is 0. The molecule has 48 valence electrons. The van der Waals surface area contributed by atoms with Crippen molar-refractivity contribution < 1.29 is 0 Å². The van der Waals surface area contributed by atoms with Crippen molar-refractivity contribution in [3.05, 3.63) is 0 Å². The van der Waals surface area contributed by atoms with Crippen LogP contribution in [0.2, 0.25) is 0 Å². The summed E-state index contributed by atoms with van der Waals surface area (Å²) < 4.78 is 0. The summed E-state index contributed by atoms with van der Waals surface area (Å²) in [7, 11) is 0. The van der Waals surface area contributed by atoms with Gasteiger partial charge in [0.05, 0.1) is 6.04 Å². The van der Waals surface area contributed by atoms with Gasteiger partial charge in [0.1, 0.15) is 0 Å². The third-order valence-electron chi connectivity index (χ3n) is 0.820. The fourth-order valence-corrected chi connectivity index (χ4v) is 0.493. The average molecular weight is 114 g/mol. The fourth-order valence-electron chi connectivity index (χ4n) is 0.493. The first-order valence-corrected chi connectivity index (χ1v) is 2.88. The van der Waals surface area contributed by atoms with Crippen molar-refractivity contribution in [1.82, 2.24) is 0 Å². The SMILES string of the molecule is CC(C)=N[C@@H](C)CN. The Hall–Kier alpha value is -0.370. The van der Waals surface area contributed by atoms with Crippen molar-refractivity contribution in [2.24, 2.45) is 10.7 Å². The van der Waals surface area contributed by atoms with E-state index in [1.165, 1.54) is 0 Å². The van der Waals surface area contributed by atoms with E-state index in [1.54, 1.807) is 0 Å². The Labute approximate surface area is 50.8 Å². The molecule has 0 aromatic carbocycles. The summed E-state index contributed by atoms with van der Waals surface area (Å²) in [6, 6.07) is 0.292. The minimum absolute atomic E-state index is 0.292. The molecule has 2 N–H and O–H groups in total. The van der Waals surface area contributed by atoms with E-state index in [9.17, 15) is 0 Å². The molecule has 0 fully saturated rings. The fraction of sp³-hybridized carbons (Fsp3) is 0.833. The topological polar surface area (TPSA) is 38.4 Å². The zero-order valence-electron chi connectivity index (χ0n) is 5.81. The molecule has 0 unspecified atom stereocenters. The maximum absolute atomic E-state index is 5.31. The van der Waals surface area contributed by atoms with Crippen LogP contribution in [0.1, 0.15) is 20.8 Å². The van der Waals surface area contributed by atoms with E-state index in [2.05, 4.69) is 4.99 Å². The molecule has 0 radical (unpaired) electrons. The van der Waals surface area contributed by atoms with Gasteiger partial charge in [-0.05, 0) is 20.8 Å². The smallest absolute Gasteiger partial charge is 0.0592 e. The van der Waals surface area contributed by atoms with Crippen LogP contribution >= 0.6 is 0 Å². The van der Waals surface area contributed by atoms with E-state index in [0.29, 0.717) is 12.6 Å². The normalized spacial score (nSPS) is 13.0. The van der Waals surface area contributed by atoms with Gasteiger partial charge in [0.25, 0.3) is 0 Å². The second-order valence-electron chi connectivity index (χ2n) is 2.16. The molecule has 0 amide bonds. The molecule has 0 aromatic heterocycles. The molecule has 0 aromatic rings. The van der Waals surface area contributed by atoms with Crippen LogP contribution in [0, 0.1) is 0 Å². The van der Waals surface area contributed by atoms with Crippen molar-refractivity contribution >= 4 is 5.71 Å². The van der Waals surface area contributed by atoms with Crippen molar-refractivity contribution in [2.75, 3.05) is 6.54 Å². The summed E-state index contributed by atoms with van der Waals surface area (Å²) in [5.74, 6) is 0. The van der Waals surface area contributed by atoms with Crippen LogP contribution in [0.3, 0.4) is 0 Å². The molecular formula is C6H14N2. The summed E-state index contributed by atoms with van der Waals surface area (Å²) in [6.07, 6.45) is 0. The Kier molecular flexibility index (Phi) is 3.44. The first kappa shape index (κ1) is 7.63. The monoisotopic (exact) mass is 114 g/mol. The van der Waals surface area contributed by atoms with E-state index in [4.69, 9.17) is 5.73 Å². The highest BCUT2D eigenvalue weighted by atomic mass is 14.8. The van der Waals surface area contributed by atoms with Gasteiger partial charge in [-0.3, -0.25) is 4.99 Å². The van der Waals surface area contributed by atoms with Crippen LogP contribution in [-0.2, 0) is 0 Å². The third kappa shape index (κ3) is 3.81. The second-order valence-corrected chi connectivity index (χ2v) is 2.16. The Balaban J connectivity index is 3.51. The minimum atomic E-state index is 0.292. The molecule has 0 rings (SSSR count). The zero-order chi connectivity index (χ0) is 6.57. The second kappa shape index (κ2) is 3.61. The van der Waals surface area contributed by atoms with E-state index < -0.39 is 0 Å². The van der Waals surface area contributed by atoms with Crippen LogP contribution < -0.4 is 5.73 Å². The maximum Gasteiger partial charge on any atom is 0.0592 e. The standard InChI is InChI=1S/C6H14N2/c1-5(2)8-6(3)4-7/h6H,4,7H2,1-3H3/t6-/m0/s1.